The molecule has 0 saturated heterocycles. The summed E-state index contributed by atoms with van der Waals surface area (Å²) in [6.45, 7) is 2.00. The molecule has 1 aromatic carbocycles. The summed E-state index contributed by atoms with van der Waals surface area (Å²) < 4.78 is 11.4. The molecular weight excluding hydrogens is 318 g/mol. The summed E-state index contributed by atoms with van der Waals surface area (Å²) in [6.07, 6.45) is 0. The van der Waals surface area contributed by atoms with E-state index in [9.17, 15) is 0 Å². The first kappa shape index (κ1) is 13.3. The molecule has 1 aromatic heterocycles. The Bertz CT molecular complexity index is 542. The zero-order valence-corrected chi connectivity index (χ0v) is 12.4. The molecule has 0 aliphatic heterocycles. The molecule has 1 unspecified atom stereocenters. The van der Waals surface area contributed by atoms with E-state index in [1.54, 1.807) is 13.2 Å². The number of nitrogens with one attached hydrogen (secondary N) is 1. The highest BCUT2D eigenvalue weighted by Crippen LogP contribution is 2.30. The topological polar surface area (TPSA) is 34.4 Å². The lowest BCUT2D eigenvalue weighted by Crippen LogP contribution is -2.06. The molecule has 0 aliphatic rings. The number of benzene rings is 1. The lowest BCUT2D eigenvalue weighted by molar-refractivity contribution is 0.415. The second kappa shape index (κ2) is 5.67. The summed E-state index contributed by atoms with van der Waals surface area (Å²) in [7, 11) is 1.63. The van der Waals surface area contributed by atoms with Gasteiger partial charge in [-0.3, -0.25) is 0 Å². The highest BCUT2D eigenvalue weighted by atomic mass is 79.9. The van der Waals surface area contributed by atoms with E-state index < -0.39 is 0 Å². The molecule has 0 bridgehead atoms. The second-order valence-corrected chi connectivity index (χ2v) is 5.04. The minimum atomic E-state index is 0.0147. The quantitative estimate of drug-likeness (QED) is 0.868. The molecule has 0 aliphatic carbocycles. The average molecular weight is 331 g/mol. The van der Waals surface area contributed by atoms with Crippen LogP contribution >= 0.6 is 27.5 Å². The monoisotopic (exact) mass is 329 g/mol. The van der Waals surface area contributed by atoms with Gasteiger partial charge in [0.2, 0.25) is 0 Å². The van der Waals surface area contributed by atoms with Crippen LogP contribution in [-0.4, -0.2) is 7.11 Å². The third-order valence-electron chi connectivity index (χ3n) is 2.57. The Balaban J connectivity index is 2.18. The molecule has 0 saturated carbocycles. The predicted molar refractivity (Wildman–Crippen MR) is 76.4 cm³/mol. The Morgan fingerprint density at radius 1 is 1.33 bits per heavy atom. The average Bonchev–Trinajstić information content (AvgIpc) is 2.79. The molecule has 18 heavy (non-hydrogen) atoms. The van der Waals surface area contributed by atoms with Crippen LogP contribution in [0.3, 0.4) is 0 Å². The summed E-state index contributed by atoms with van der Waals surface area (Å²) in [6, 6.07) is 9.27. The van der Waals surface area contributed by atoms with Gasteiger partial charge >= 0.3 is 0 Å². The minimum Gasteiger partial charge on any atom is -0.497 e. The standard InChI is InChI=1S/C13H13BrClNO2/c1-8(12-5-6-13(14)18-12)16-11-7-9(17-2)3-4-10(11)15/h3-8,16H,1-2H3. The van der Waals surface area contributed by atoms with E-state index in [0.717, 1.165) is 17.2 Å². The molecule has 0 spiro atoms. The van der Waals surface area contributed by atoms with E-state index in [1.165, 1.54) is 0 Å². The molecule has 0 fully saturated rings. The zero-order chi connectivity index (χ0) is 13.1. The van der Waals surface area contributed by atoms with E-state index in [4.69, 9.17) is 20.8 Å². The SMILES string of the molecule is COc1ccc(Cl)c(NC(C)c2ccc(Br)o2)c1. The number of furan rings is 1. The van der Waals surface area contributed by atoms with E-state index in [0.29, 0.717) is 9.69 Å². The highest BCUT2D eigenvalue weighted by Gasteiger charge is 2.12. The third kappa shape index (κ3) is 3.00. The summed E-state index contributed by atoms with van der Waals surface area (Å²) in [5, 5.41) is 3.93. The Morgan fingerprint density at radius 2 is 2.11 bits per heavy atom. The van der Waals surface area contributed by atoms with Crippen LogP contribution in [0.2, 0.25) is 5.02 Å². The van der Waals surface area contributed by atoms with Gasteiger partial charge in [0, 0.05) is 6.07 Å². The zero-order valence-electron chi connectivity index (χ0n) is 10.0. The maximum absolute atomic E-state index is 6.13. The Kier molecular flexibility index (Phi) is 4.19. The van der Waals surface area contributed by atoms with Crippen LogP contribution in [0.15, 0.2) is 39.4 Å². The van der Waals surface area contributed by atoms with Gasteiger partial charge in [-0.25, -0.2) is 0 Å². The van der Waals surface area contributed by atoms with Crippen molar-refractivity contribution in [1.29, 1.82) is 0 Å². The maximum Gasteiger partial charge on any atom is 0.169 e. The Labute approximate surface area is 119 Å². The van der Waals surface area contributed by atoms with Gasteiger partial charge in [0.25, 0.3) is 0 Å². The van der Waals surface area contributed by atoms with Crippen LogP contribution < -0.4 is 10.1 Å². The summed E-state index contributed by atoms with van der Waals surface area (Å²) in [5.74, 6) is 1.59. The molecule has 96 valence electrons. The summed E-state index contributed by atoms with van der Waals surface area (Å²) >= 11 is 9.41. The molecule has 1 atom stereocenters. The number of ether oxygens (including phenoxy) is 1. The van der Waals surface area contributed by atoms with Crippen molar-refractivity contribution in [3.8, 4) is 5.75 Å². The third-order valence-corrected chi connectivity index (χ3v) is 3.32. The van der Waals surface area contributed by atoms with Gasteiger partial charge in [-0.1, -0.05) is 11.6 Å². The Hall–Kier alpha value is -1.13. The maximum atomic E-state index is 6.13. The van der Waals surface area contributed by atoms with Crippen LogP contribution in [0, 0.1) is 0 Å². The molecule has 0 amide bonds. The predicted octanol–water partition coefficient (Wildman–Crippen LogP) is 4.88. The van der Waals surface area contributed by atoms with Crippen LogP contribution in [0.1, 0.15) is 18.7 Å². The molecular formula is C13H13BrClNO2. The Morgan fingerprint density at radius 3 is 2.72 bits per heavy atom. The van der Waals surface area contributed by atoms with Gasteiger partial charge in [0.05, 0.1) is 23.9 Å². The first-order chi connectivity index (χ1) is 8.60. The van der Waals surface area contributed by atoms with Crippen molar-refractivity contribution in [2.24, 2.45) is 0 Å². The molecule has 1 N–H and O–H groups in total. The second-order valence-electron chi connectivity index (χ2n) is 3.85. The molecule has 3 nitrogen and oxygen atoms in total. The smallest absolute Gasteiger partial charge is 0.169 e. The highest BCUT2D eigenvalue weighted by molar-refractivity contribution is 9.10. The van der Waals surface area contributed by atoms with Crippen molar-refractivity contribution in [1.82, 2.24) is 0 Å². The van der Waals surface area contributed by atoms with Gasteiger partial charge in [-0.2, -0.15) is 0 Å². The number of halogens is 2. The van der Waals surface area contributed by atoms with Gasteiger partial charge in [0.15, 0.2) is 4.67 Å². The van der Waals surface area contributed by atoms with Crippen molar-refractivity contribution in [2.75, 3.05) is 12.4 Å². The van der Waals surface area contributed by atoms with Crippen molar-refractivity contribution in [2.45, 2.75) is 13.0 Å². The van der Waals surface area contributed by atoms with Crippen LogP contribution in [-0.2, 0) is 0 Å². The first-order valence-electron chi connectivity index (χ1n) is 5.45. The van der Waals surface area contributed by atoms with E-state index in [-0.39, 0.29) is 6.04 Å². The van der Waals surface area contributed by atoms with Gasteiger partial charge < -0.3 is 14.5 Å². The summed E-state index contributed by atoms with van der Waals surface area (Å²) in [4.78, 5) is 0. The van der Waals surface area contributed by atoms with Crippen molar-refractivity contribution in [3.05, 3.63) is 45.8 Å². The van der Waals surface area contributed by atoms with Crippen LogP contribution in [0.4, 0.5) is 5.69 Å². The number of hydrogen-bond acceptors (Lipinski definition) is 3. The van der Waals surface area contributed by atoms with Crippen molar-refractivity contribution < 1.29 is 9.15 Å². The lowest BCUT2D eigenvalue weighted by Gasteiger charge is -2.15. The number of hydrogen-bond donors (Lipinski definition) is 1. The molecule has 0 radical (unpaired) electrons. The fourth-order valence-electron chi connectivity index (χ4n) is 1.61. The molecule has 2 aromatic rings. The number of anilines is 1. The van der Waals surface area contributed by atoms with E-state index >= 15 is 0 Å². The normalized spacial score (nSPS) is 12.2. The summed E-state index contributed by atoms with van der Waals surface area (Å²) in [5.41, 5.74) is 0.816. The van der Waals surface area contributed by atoms with Gasteiger partial charge in [-0.15, -0.1) is 0 Å². The van der Waals surface area contributed by atoms with E-state index in [2.05, 4.69) is 21.2 Å². The van der Waals surface area contributed by atoms with Crippen molar-refractivity contribution in [3.63, 3.8) is 0 Å². The molecule has 5 heteroatoms. The van der Waals surface area contributed by atoms with Gasteiger partial charge in [0.1, 0.15) is 11.5 Å². The lowest BCUT2D eigenvalue weighted by atomic mass is 10.2. The van der Waals surface area contributed by atoms with E-state index in [1.807, 2.05) is 31.2 Å². The fourth-order valence-corrected chi connectivity index (χ4v) is 2.10. The molecule has 2 rings (SSSR count). The fraction of sp³-hybridized carbons (Fsp3) is 0.231. The number of methoxy groups -OCH3 is 1. The molecule has 1 heterocycles. The van der Waals surface area contributed by atoms with Gasteiger partial charge in [-0.05, 0) is 47.1 Å². The van der Waals surface area contributed by atoms with Crippen molar-refractivity contribution >= 4 is 33.2 Å². The van der Waals surface area contributed by atoms with Crippen LogP contribution in [0.5, 0.6) is 5.75 Å². The largest absolute Gasteiger partial charge is 0.497 e. The van der Waals surface area contributed by atoms with Crippen LogP contribution in [0.25, 0.3) is 0 Å². The number of rotatable bonds is 4. The first-order valence-corrected chi connectivity index (χ1v) is 6.62. The minimum absolute atomic E-state index is 0.0147.